The Bertz CT molecular complexity index is 956. The van der Waals surface area contributed by atoms with Gasteiger partial charge < -0.3 is 5.73 Å². The van der Waals surface area contributed by atoms with Gasteiger partial charge in [0.05, 0.1) is 11.0 Å². The Morgan fingerprint density at radius 1 is 1.17 bits per heavy atom. The van der Waals surface area contributed by atoms with Crippen LogP contribution in [0.2, 0.25) is 0 Å². The molecule has 0 fully saturated rings. The average molecular weight is 313 g/mol. The summed E-state index contributed by atoms with van der Waals surface area (Å²) in [5, 5.41) is 0. The van der Waals surface area contributed by atoms with Crippen molar-refractivity contribution in [3.05, 3.63) is 64.3 Å². The number of nitrogens with zero attached hydrogens (tertiary/aromatic N) is 2. The van der Waals surface area contributed by atoms with Gasteiger partial charge in [-0.3, -0.25) is 9.36 Å². The van der Waals surface area contributed by atoms with Gasteiger partial charge in [0, 0.05) is 19.2 Å². The van der Waals surface area contributed by atoms with Gasteiger partial charge in [0.25, 0.3) is 0 Å². The normalized spacial score (nSPS) is 11.0. The lowest BCUT2D eigenvalue weighted by Gasteiger charge is -2.04. The molecule has 3 aromatic rings. The SMILES string of the molecule is Cn1c(=O)n(C(=O)CCc2cccc(F)c2)c2cc(N)ccc21. The highest BCUT2D eigenvalue weighted by atomic mass is 19.1. The summed E-state index contributed by atoms with van der Waals surface area (Å²) in [7, 11) is 1.61. The van der Waals surface area contributed by atoms with E-state index in [0.717, 1.165) is 4.57 Å². The first-order chi connectivity index (χ1) is 11.0. The number of halogens is 1. The van der Waals surface area contributed by atoms with Crippen LogP contribution in [0.3, 0.4) is 0 Å². The third-order valence-electron chi connectivity index (χ3n) is 3.85. The van der Waals surface area contributed by atoms with Gasteiger partial charge in [0.15, 0.2) is 0 Å². The Balaban J connectivity index is 1.93. The van der Waals surface area contributed by atoms with Crippen LogP contribution in [0.4, 0.5) is 10.1 Å². The monoisotopic (exact) mass is 313 g/mol. The van der Waals surface area contributed by atoms with Crippen LogP contribution in [0.25, 0.3) is 11.0 Å². The van der Waals surface area contributed by atoms with E-state index in [1.54, 1.807) is 37.4 Å². The fourth-order valence-electron chi connectivity index (χ4n) is 2.66. The van der Waals surface area contributed by atoms with E-state index in [0.29, 0.717) is 28.7 Å². The zero-order chi connectivity index (χ0) is 16.6. The van der Waals surface area contributed by atoms with Crippen molar-refractivity contribution in [2.45, 2.75) is 12.8 Å². The van der Waals surface area contributed by atoms with E-state index in [1.807, 2.05) is 0 Å². The maximum Gasteiger partial charge on any atom is 0.335 e. The topological polar surface area (TPSA) is 70.0 Å². The fraction of sp³-hybridized carbons (Fsp3) is 0.176. The quantitative estimate of drug-likeness (QED) is 0.755. The molecule has 0 spiro atoms. The van der Waals surface area contributed by atoms with E-state index in [1.165, 1.54) is 16.7 Å². The number of nitrogen functional groups attached to an aromatic ring is 1. The molecule has 0 saturated heterocycles. The van der Waals surface area contributed by atoms with E-state index >= 15 is 0 Å². The van der Waals surface area contributed by atoms with Crippen molar-refractivity contribution < 1.29 is 9.18 Å². The predicted octanol–water partition coefficient (Wildman–Crippen LogP) is 2.33. The first-order valence-electron chi connectivity index (χ1n) is 7.22. The number of aromatic nitrogens is 2. The standard InChI is InChI=1S/C17H16FN3O2/c1-20-14-7-6-13(19)10-15(14)21(17(20)23)16(22)8-5-11-3-2-4-12(18)9-11/h2-4,6-7,9-10H,5,8,19H2,1H3. The van der Waals surface area contributed by atoms with Gasteiger partial charge in [-0.05, 0) is 42.3 Å². The maximum atomic E-state index is 13.2. The van der Waals surface area contributed by atoms with Crippen molar-refractivity contribution in [2.75, 3.05) is 5.73 Å². The fourth-order valence-corrected chi connectivity index (χ4v) is 2.66. The number of hydrogen-bond acceptors (Lipinski definition) is 3. The lowest BCUT2D eigenvalue weighted by atomic mass is 10.1. The largest absolute Gasteiger partial charge is 0.399 e. The predicted molar refractivity (Wildman–Crippen MR) is 86.9 cm³/mol. The minimum Gasteiger partial charge on any atom is -0.399 e. The van der Waals surface area contributed by atoms with Crippen LogP contribution in [0.1, 0.15) is 16.8 Å². The lowest BCUT2D eigenvalue weighted by Crippen LogP contribution is -2.28. The molecule has 3 rings (SSSR count). The Morgan fingerprint density at radius 2 is 1.96 bits per heavy atom. The highest BCUT2D eigenvalue weighted by Gasteiger charge is 2.16. The molecule has 118 valence electrons. The Morgan fingerprint density at radius 3 is 2.70 bits per heavy atom. The van der Waals surface area contributed by atoms with E-state index in [4.69, 9.17) is 5.73 Å². The van der Waals surface area contributed by atoms with Crippen LogP contribution in [0, 0.1) is 5.82 Å². The summed E-state index contributed by atoms with van der Waals surface area (Å²) in [5.41, 5.74) is 7.67. The summed E-state index contributed by atoms with van der Waals surface area (Å²) in [6.45, 7) is 0. The van der Waals surface area contributed by atoms with Gasteiger partial charge in [-0.15, -0.1) is 0 Å². The van der Waals surface area contributed by atoms with E-state index in [2.05, 4.69) is 0 Å². The molecular formula is C17H16FN3O2. The smallest absolute Gasteiger partial charge is 0.335 e. The van der Waals surface area contributed by atoms with Crippen molar-refractivity contribution in [2.24, 2.45) is 7.05 Å². The Hall–Kier alpha value is -2.89. The molecule has 1 heterocycles. The molecule has 0 atom stereocenters. The number of aryl methyl sites for hydroxylation is 2. The summed E-state index contributed by atoms with van der Waals surface area (Å²) in [4.78, 5) is 24.8. The minimum absolute atomic E-state index is 0.108. The van der Waals surface area contributed by atoms with Gasteiger partial charge in [-0.25, -0.2) is 13.8 Å². The molecule has 5 nitrogen and oxygen atoms in total. The second-order valence-corrected chi connectivity index (χ2v) is 5.45. The molecule has 2 aromatic carbocycles. The molecule has 0 aliphatic heterocycles. The zero-order valence-corrected chi connectivity index (χ0v) is 12.6. The van der Waals surface area contributed by atoms with Crippen molar-refractivity contribution in [1.82, 2.24) is 9.13 Å². The molecule has 0 unspecified atom stereocenters. The number of rotatable bonds is 3. The van der Waals surface area contributed by atoms with Gasteiger partial charge in [0.2, 0.25) is 5.91 Å². The van der Waals surface area contributed by atoms with Gasteiger partial charge in [0.1, 0.15) is 5.82 Å². The van der Waals surface area contributed by atoms with Crippen molar-refractivity contribution in [3.63, 3.8) is 0 Å². The number of carbonyl (C=O) groups excluding carboxylic acids is 1. The van der Waals surface area contributed by atoms with E-state index in [-0.39, 0.29) is 18.1 Å². The second kappa shape index (κ2) is 5.72. The first kappa shape index (κ1) is 15.0. The van der Waals surface area contributed by atoms with Crippen molar-refractivity contribution in [1.29, 1.82) is 0 Å². The number of hydrogen-bond donors (Lipinski definition) is 1. The van der Waals surface area contributed by atoms with Crippen LogP contribution < -0.4 is 11.4 Å². The molecule has 0 saturated carbocycles. The number of carbonyl (C=O) groups is 1. The molecule has 0 bridgehead atoms. The van der Waals surface area contributed by atoms with Gasteiger partial charge >= 0.3 is 5.69 Å². The second-order valence-electron chi connectivity index (χ2n) is 5.45. The number of benzene rings is 2. The van der Waals surface area contributed by atoms with Crippen molar-refractivity contribution >= 4 is 22.6 Å². The molecule has 0 amide bonds. The molecule has 6 heteroatoms. The number of imidazole rings is 1. The Kier molecular flexibility index (Phi) is 3.73. The summed E-state index contributed by atoms with van der Waals surface area (Å²) in [6, 6.07) is 11.1. The molecule has 1 aromatic heterocycles. The first-order valence-corrected chi connectivity index (χ1v) is 7.22. The molecule has 23 heavy (non-hydrogen) atoms. The summed E-state index contributed by atoms with van der Waals surface area (Å²) in [5.74, 6) is -0.680. The van der Waals surface area contributed by atoms with E-state index < -0.39 is 5.69 Å². The summed E-state index contributed by atoms with van der Waals surface area (Å²) >= 11 is 0. The zero-order valence-electron chi connectivity index (χ0n) is 12.6. The van der Waals surface area contributed by atoms with Crippen LogP contribution in [0.15, 0.2) is 47.3 Å². The highest BCUT2D eigenvalue weighted by Crippen LogP contribution is 2.17. The van der Waals surface area contributed by atoms with Crippen molar-refractivity contribution in [3.8, 4) is 0 Å². The Labute approximate surface area is 131 Å². The summed E-state index contributed by atoms with van der Waals surface area (Å²) < 4.78 is 15.7. The average Bonchev–Trinajstić information content (AvgIpc) is 2.76. The number of anilines is 1. The molecule has 0 radical (unpaired) electrons. The van der Waals surface area contributed by atoms with Crippen LogP contribution in [0.5, 0.6) is 0 Å². The molecular weight excluding hydrogens is 297 g/mol. The third kappa shape index (κ3) is 2.75. The minimum atomic E-state index is -0.408. The van der Waals surface area contributed by atoms with Crippen LogP contribution in [-0.2, 0) is 13.5 Å². The highest BCUT2D eigenvalue weighted by molar-refractivity contribution is 5.91. The molecule has 0 aliphatic carbocycles. The van der Waals surface area contributed by atoms with Crippen LogP contribution in [-0.4, -0.2) is 15.0 Å². The van der Waals surface area contributed by atoms with E-state index in [9.17, 15) is 14.0 Å². The van der Waals surface area contributed by atoms with Gasteiger partial charge in [-0.1, -0.05) is 12.1 Å². The summed E-state index contributed by atoms with van der Waals surface area (Å²) in [6.07, 6.45) is 0.471. The third-order valence-corrected chi connectivity index (χ3v) is 3.85. The molecule has 0 aliphatic rings. The van der Waals surface area contributed by atoms with Gasteiger partial charge in [-0.2, -0.15) is 0 Å². The maximum absolute atomic E-state index is 13.2. The number of fused-ring (bicyclic) bond motifs is 1. The number of nitrogens with two attached hydrogens (primary N) is 1. The van der Waals surface area contributed by atoms with Crippen LogP contribution >= 0.6 is 0 Å². The molecule has 2 N–H and O–H groups in total. The lowest BCUT2D eigenvalue weighted by molar-refractivity contribution is 0.0903.